The molecule has 62 heavy (non-hydrogen) atoms. The van der Waals surface area contributed by atoms with Gasteiger partial charge in [0.1, 0.15) is 36.3 Å². The zero-order valence-electron chi connectivity index (χ0n) is 36.2. The standard InChI is InChI=1S/C40H63N9O12S/c1-8-22(4)33(40(60)61)49-35(55)24(6)44-29(50)19-42-34(54)23(5)45-37(57)27(14-15-31(52)53)46-38(58)28(16-17-62-7)47-39(59)32(21(2)3)48-30(51)20-43-36(56)26(41)18-25-12-10-9-11-13-25/h9-13,21-24,26-28,32-33H,8,14-20,41H2,1-7H3,(H,42,54)(H,43,56)(H,44,50)(H,45,57)(H,46,58)(H,47,59)(H,48,51)(H,49,55)(H,52,53)(H,60,61)/t22-,23-,24-,26-,27-,28-,32-,33-/m0/s1. The summed E-state index contributed by atoms with van der Waals surface area (Å²) in [7, 11) is 0. The van der Waals surface area contributed by atoms with Crippen LogP contribution in [-0.4, -0.2) is 137 Å². The third-order valence-electron chi connectivity index (χ3n) is 9.57. The van der Waals surface area contributed by atoms with Crippen LogP contribution in [0.3, 0.4) is 0 Å². The number of rotatable bonds is 28. The maximum absolute atomic E-state index is 13.6. The molecular formula is C40H63N9O12S. The van der Waals surface area contributed by atoms with Crippen LogP contribution in [0.2, 0.25) is 0 Å². The van der Waals surface area contributed by atoms with Crippen LogP contribution in [0.25, 0.3) is 0 Å². The molecule has 0 heterocycles. The van der Waals surface area contributed by atoms with Crippen LogP contribution in [0.5, 0.6) is 0 Å². The van der Waals surface area contributed by atoms with Crippen molar-refractivity contribution in [3.63, 3.8) is 0 Å². The molecule has 0 aromatic heterocycles. The number of hydrogen-bond acceptors (Lipinski definition) is 12. The number of nitrogens with one attached hydrogen (secondary N) is 8. The largest absolute Gasteiger partial charge is 0.481 e. The number of amides is 8. The molecule has 0 aliphatic rings. The van der Waals surface area contributed by atoms with Gasteiger partial charge >= 0.3 is 11.9 Å². The van der Waals surface area contributed by atoms with E-state index in [2.05, 4.69) is 42.5 Å². The van der Waals surface area contributed by atoms with Crippen molar-refractivity contribution in [3.8, 4) is 0 Å². The highest BCUT2D eigenvalue weighted by Crippen LogP contribution is 2.10. The monoisotopic (exact) mass is 893 g/mol. The molecule has 0 aliphatic carbocycles. The Hall–Kier alpha value is -5.77. The van der Waals surface area contributed by atoms with Gasteiger partial charge in [-0.15, -0.1) is 0 Å². The van der Waals surface area contributed by atoms with Crippen molar-refractivity contribution in [3.05, 3.63) is 35.9 Å². The lowest BCUT2D eigenvalue weighted by atomic mass is 9.99. The summed E-state index contributed by atoms with van der Waals surface area (Å²) in [5, 5.41) is 38.2. The maximum atomic E-state index is 13.6. The molecule has 1 rings (SSSR count). The van der Waals surface area contributed by atoms with E-state index in [-0.39, 0.29) is 18.8 Å². The van der Waals surface area contributed by atoms with Gasteiger partial charge in [-0.1, -0.05) is 64.4 Å². The molecule has 0 saturated heterocycles. The quantitative estimate of drug-likeness (QED) is 0.0440. The Balaban J connectivity index is 2.92. The minimum Gasteiger partial charge on any atom is -0.481 e. The summed E-state index contributed by atoms with van der Waals surface area (Å²) in [6.07, 6.45) is 1.57. The van der Waals surface area contributed by atoms with Crippen molar-refractivity contribution in [1.29, 1.82) is 0 Å². The Labute approximate surface area is 365 Å². The van der Waals surface area contributed by atoms with Gasteiger partial charge < -0.3 is 58.5 Å². The van der Waals surface area contributed by atoms with Crippen LogP contribution in [0, 0.1) is 11.8 Å². The molecule has 0 radical (unpaired) electrons. The molecule has 1 aromatic rings. The fourth-order valence-corrected chi connectivity index (χ4v) is 6.08. The summed E-state index contributed by atoms with van der Waals surface area (Å²) >= 11 is 1.36. The van der Waals surface area contributed by atoms with E-state index in [4.69, 9.17) is 5.73 Å². The molecule has 1 aromatic carbocycles. The van der Waals surface area contributed by atoms with E-state index in [1.165, 1.54) is 25.6 Å². The lowest BCUT2D eigenvalue weighted by molar-refractivity contribution is -0.143. The number of benzene rings is 1. The molecule has 22 heteroatoms. The van der Waals surface area contributed by atoms with Crippen molar-refractivity contribution in [2.45, 2.75) is 116 Å². The number of hydrogen-bond donors (Lipinski definition) is 11. The van der Waals surface area contributed by atoms with E-state index >= 15 is 0 Å². The smallest absolute Gasteiger partial charge is 0.326 e. The second kappa shape index (κ2) is 28.0. The van der Waals surface area contributed by atoms with Gasteiger partial charge in [0.25, 0.3) is 0 Å². The fourth-order valence-electron chi connectivity index (χ4n) is 5.61. The zero-order valence-corrected chi connectivity index (χ0v) is 37.0. The van der Waals surface area contributed by atoms with Crippen LogP contribution in [0.1, 0.15) is 72.8 Å². The molecule has 346 valence electrons. The van der Waals surface area contributed by atoms with Crippen molar-refractivity contribution in [2.24, 2.45) is 17.6 Å². The fraction of sp³-hybridized carbons (Fsp3) is 0.600. The summed E-state index contributed by atoms with van der Waals surface area (Å²) in [5.41, 5.74) is 6.82. The van der Waals surface area contributed by atoms with Crippen molar-refractivity contribution >= 4 is 71.0 Å². The highest BCUT2D eigenvalue weighted by Gasteiger charge is 2.33. The highest BCUT2D eigenvalue weighted by molar-refractivity contribution is 7.98. The Morgan fingerprint density at radius 1 is 0.629 bits per heavy atom. The lowest BCUT2D eigenvalue weighted by Crippen LogP contribution is -2.59. The molecular weight excluding hydrogens is 831 g/mol. The van der Waals surface area contributed by atoms with Crippen LogP contribution in [0.15, 0.2) is 30.3 Å². The van der Waals surface area contributed by atoms with Gasteiger partial charge in [0.2, 0.25) is 47.3 Å². The van der Waals surface area contributed by atoms with Gasteiger partial charge in [0, 0.05) is 6.42 Å². The first-order valence-corrected chi connectivity index (χ1v) is 21.6. The molecule has 0 bridgehead atoms. The summed E-state index contributed by atoms with van der Waals surface area (Å²) in [4.78, 5) is 127. The normalized spacial score (nSPS) is 14.8. The molecule has 0 saturated carbocycles. The van der Waals surface area contributed by atoms with E-state index in [1.54, 1.807) is 46.1 Å². The molecule has 0 fully saturated rings. The third-order valence-corrected chi connectivity index (χ3v) is 10.2. The van der Waals surface area contributed by atoms with Crippen LogP contribution in [0.4, 0.5) is 0 Å². The zero-order chi connectivity index (χ0) is 47.1. The Kier molecular flexibility index (Phi) is 24.5. The first kappa shape index (κ1) is 54.2. The average molecular weight is 894 g/mol. The van der Waals surface area contributed by atoms with E-state index in [1.807, 2.05) is 18.2 Å². The predicted octanol–water partition coefficient (Wildman–Crippen LogP) is -1.86. The maximum Gasteiger partial charge on any atom is 0.326 e. The Morgan fingerprint density at radius 3 is 1.71 bits per heavy atom. The van der Waals surface area contributed by atoms with Crippen molar-refractivity contribution < 1.29 is 58.2 Å². The first-order chi connectivity index (χ1) is 29.1. The highest BCUT2D eigenvalue weighted by atomic mass is 32.2. The Bertz CT molecular complexity index is 1720. The third kappa shape index (κ3) is 20.2. The van der Waals surface area contributed by atoms with Gasteiger partial charge in [-0.3, -0.25) is 43.2 Å². The van der Waals surface area contributed by atoms with Gasteiger partial charge in [0.05, 0.1) is 19.1 Å². The number of carbonyl (C=O) groups is 10. The van der Waals surface area contributed by atoms with E-state index in [9.17, 15) is 58.2 Å². The molecule has 8 amide bonds. The second-order valence-electron chi connectivity index (χ2n) is 15.1. The van der Waals surface area contributed by atoms with Gasteiger partial charge in [-0.05, 0) is 62.5 Å². The molecule has 8 atom stereocenters. The van der Waals surface area contributed by atoms with Crippen LogP contribution in [-0.2, 0) is 54.4 Å². The number of aliphatic carboxylic acids is 2. The number of carboxylic acids is 2. The average Bonchev–Trinajstić information content (AvgIpc) is 3.22. The number of thioether (sulfide) groups is 1. The first-order valence-electron chi connectivity index (χ1n) is 20.2. The van der Waals surface area contributed by atoms with Crippen LogP contribution >= 0.6 is 11.8 Å². The number of carbonyl (C=O) groups excluding carboxylic acids is 8. The minimum absolute atomic E-state index is 0.0687. The summed E-state index contributed by atoms with van der Waals surface area (Å²) in [6.45, 7) is 8.20. The van der Waals surface area contributed by atoms with Crippen LogP contribution < -0.4 is 48.3 Å². The molecule has 0 aliphatic heterocycles. The summed E-state index contributed by atoms with van der Waals surface area (Å²) in [6, 6.07) is 0.572. The molecule has 21 nitrogen and oxygen atoms in total. The molecule has 0 spiro atoms. The second-order valence-corrected chi connectivity index (χ2v) is 16.1. The van der Waals surface area contributed by atoms with Gasteiger partial charge in [0.15, 0.2) is 0 Å². The summed E-state index contributed by atoms with van der Waals surface area (Å²) in [5.74, 6) is -9.24. The van der Waals surface area contributed by atoms with E-state index in [0.29, 0.717) is 12.2 Å². The minimum atomic E-state index is -1.49. The van der Waals surface area contributed by atoms with E-state index < -0.39 is 133 Å². The van der Waals surface area contributed by atoms with Crippen molar-refractivity contribution in [1.82, 2.24) is 42.5 Å². The van der Waals surface area contributed by atoms with E-state index in [0.717, 1.165) is 5.56 Å². The predicted molar refractivity (Wildman–Crippen MR) is 229 cm³/mol. The Morgan fingerprint density at radius 2 is 1.16 bits per heavy atom. The molecule has 12 N–H and O–H groups in total. The lowest BCUT2D eigenvalue weighted by Gasteiger charge is -2.27. The van der Waals surface area contributed by atoms with Crippen molar-refractivity contribution in [2.75, 3.05) is 25.1 Å². The topological polar surface area (TPSA) is 333 Å². The molecule has 0 unspecified atom stereocenters. The number of nitrogens with two attached hydrogens (primary N) is 1. The summed E-state index contributed by atoms with van der Waals surface area (Å²) < 4.78 is 0. The van der Waals surface area contributed by atoms with Gasteiger partial charge in [-0.2, -0.15) is 11.8 Å². The number of carboxylic acid groups (broad SMARTS) is 2. The van der Waals surface area contributed by atoms with Gasteiger partial charge in [-0.25, -0.2) is 4.79 Å². The SMILES string of the molecule is CC[C@H](C)[C@H](NC(=O)[C@H](C)NC(=O)CNC(=O)[C@H](C)NC(=O)[C@H](CCC(=O)O)NC(=O)[C@H](CCSC)NC(=O)[C@@H](NC(=O)CNC(=O)[C@@H](N)Cc1ccccc1)C(C)C)C(=O)O.